The van der Waals surface area contributed by atoms with Gasteiger partial charge in [-0.1, -0.05) is 26.5 Å². The molecular weight excluding hydrogens is 669 g/mol. The Morgan fingerprint density at radius 2 is 1.30 bits per heavy atom. The Hall–Kier alpha value is -3.56. The maximum absolute atomic E-state index is 9.51. The summed E-state index contributed by atoms with van der Waals surface area (Å²) in [5.41, 5.74) is 21.9. The Morgan fingerprint density at radius 1 is 0.930 bits per heavy atom. The highest BCUT2D eigenvalue weighted by atomic mass is 36.0. The van der Waals surface area contributed by atoms with E-state index in [4.69, 9.17) is 39.1 Å². The quantitative estimate of drug-likeness (QED) is 0.0373. The number of anilines is 2. The van der Waals surface area contributed by atoms with Gasteiger partial charge in [-0.05, 0) is 72.5 Å². The molecule has 21 heteroatoms. The highest BCUT2D eigenvalue weighted by Gasteiger charge is 2.03. The minimum absolute atomic E-state index is 0. The van der Waals surface area contributed by atoms with Crippen molar-refractivity contribution in [3.63, 3.8) is 0 Å². The summed E-state index contributed by atoms with van der Waals surface area (Å²) in [6, 6.07) is 0. The number of carbonyl (C=O) groups excluding carboxylic acids is 2. The molecule has 244 valence electrons. The van der Waals surface area contributed by atoms with E-state index in [9.17, 15) is 14.2 Å². The third-order valence-electron chi connectivity index (χ3n) is 3.09. The van der Waals surface area contributed by atoms with Crippen LogP contribution in [0.2, 0.25) is 5.15 Å². The van der Waals surface area contributed by atoms with E-state index >= 15 is 0 Å². The van der Waals surface area contributed by atoms with Gasteiger partial charge in [0, 0.05) is 30.4 Å². The van der Waals surface area contributed by atoms with Gasteiger partial charge in [-0.15, -0.1) is 0 Å². The third-order valence-corrected chi connectivity index (χ3v) is 3.47. The molecule has 0 unspecified atom stereocenters. The van der Waals surface area contributed by atoms with Crippen LogP contribution in [0.1, 0.15) is 38.5 Å². The van der Waals surface area contributed by atoms with Crippen molar-refractivity contribution in [2.75, 3.05) is 11.5 Å². The molecule has 0 aromatic carbocycles. The standard InChI is InChI=1S/C5H6ClN3.C5H7N3O.C5H7N3.C4H6O2.CH5N3.2CH4.Cl3OP/c1-3-2-8-5(7)9-4(3)6;1-4-2-7-5(6)8(9)3-4;1-4-2-7-5(6)8-3-4;1-4(2-5)3-6;2-1(3)4;;;1-5(2,3)4/h2H,1H3,(H2,7,8,9);2-3,6,9H,1H3;2-3H,1H3,(H2,6,7,8);2-4H,1H3;(H5,2,3,4);2*1H4;. The molecule has 3 aromatic heterocycles. The number of aryl methyl sites for hydroxylation is 3. The molecule has 3 aromatic rings. The highest BCUT2D eigenvalue weighted by Crippen LogP contribution is 2.61. The monoisotopic (exact) mass is 706 g/mol. The first-order valence-electron chi connectivity index (χ1n) is 10.5. The topological polar surface area (TPSA) is 293 Å². The molecule has 3 rings (SSSR count). The van der Waals surface area contributed by atoms with Gasteiger partial charge in [-0.25, -0.2) is 24.9 Å². The normalized spacial score (nSPS) is 8.77. The second-order valence-corrected chi connectivity index (χ2v) is 14.1. The van der Waals surface area contributed by atoms with Crippen molar-refractivity contribution in [2.24, 2.45) is 17.4 Å². The molecule has 0 bridgehead atoms. The number of nitrogens with one attached hydrogen (secondary N) is 2. The third kappa shape index (κ3) is 38.4. The predicted molar refractivity (Wildman–Crippen MR) is 173 cm³/mol. The number of rotatable bonds is 2. The van der Waals surface area contributed by atoms with Crippen LogP contribution in [-0.4, -0.2) is 53.4 Å². The molecule has 0 aliphatic rings. The minimum atomic E-state index is -3.22. The van der Waals surface area contributed by atoms with E-state index in [1.54, 1.807) is 32.4 Å². The summed E-state index contributed by atoms with van der Waals surface area (Å²) in [5, 5.41) is 18.9. The zero-order valence-corrected chi connectivity index (χ0v) is 26.2. The smallest absolute Gasteiger partial charge is 0.339 e. The summed E-state index contributed by atoms with van der Waals surface area (Å²) in [6.07, 6.45) is 9.11. The van der Waals surface area contributed by atoms with Crippen molar-refractivity contribution < 1.29 is 19.4 Å². The van der Waals surface area contributed by atoms with Gasteiger partial charge in [0.05, 0.1) is 12.1 Å². The van der Waals surface area contributed by atoms with E-state index in [-0.39, 0.29) is 32.4 Å². The number of halogens is 4. The number of nitrogens with two attached hydrogens (primary N) is 4. The molecule has 0 radical (unpaired) electrons. The van der Waals surface area contributed by atoms with Crippen LogP contribution in [0, 0.1) is 37.5 Å². The first kappa shape index (κ1) is 49.1. The van der Waals surface area contributed by atoms with Crippen LogP contribution in [-0.2, 0) is 14.2 Å². The molecule has 0 amide bonds. The maximum Gasteiger partial charge on any atom is 0.339 e. The molecular formula is C22H39Cl4N12O4P. The van der Waals surface area contributed by atoms with Crippen LogP contribution >= 0.6 is 50.5 Å². The van der Waals surface area contributed by atoms with Crippen LogP contribution in [0.15, 0.2) is 31.0 Å². The van der Waals surface area contributed by atoms with Crippen LogP contribution in [0.25, 0.3) is 0 Å². The number of hydrogen-bond acceptors (Lipinski definition) is 13. The average molecular weight is 708 g/mol. The lowest BCUT2D eigenvalue weighted by molar-refractivity contribution is -0.118. The summed E-state index contributed by atoms with van der Waals surface area (Å²) >= 11 is 19.4. The van der Waals surface area contributed by atoms with Crippen molar-refractivity contribution in [2.45, 2.75) is 42.5 Å². The first-order chi connectivity index (χ1) is 18.7. The van der Waals surface area contributed by atoms with Gasteiger partial charge in [-0.3, -0.25) is 15.4 Å². The molecule has 16 nitrogen and oxygen atoms in total. The molecule has 0 saturated carbocycles. The van der Waals surface area contributed by atoms with Crippen molar-refractivity contribution in [1.29, 1.82) is 10.8 Å². The lowest BCUT2D eigenvalue weighted by atomic mass is 10.3. The predicted octanol–water partition coefficient (Wildman–Crippen LogP) is 4.24. The van der Waals surface area contributed by atoms with Gasteiger partial charge in [0.15, 0.2) is 5.96 Å². The number of guanidine groups is 1. The largest absolute Gasteiger partial charge is 0.425 e. The van der Waals surface area contributed by atoms with E-state index in [1.165, 1.54) is 12.4 Å². The SMILES string of the molecule is C.C.CC(C=O)C=O.Cc1cnc(=N)n(O)c1.Cc1cnc(N)nc1.Cc1cnc(N)nc1Cl.N=C(N)N.O=P(Cl)(Cl)Cl. The average Bonchev–Trinajstić information content (AvgIpc) is 2.85. The number of aromatic nitrogens is 6. The zero-order valence-electron chi connectivity index (χ0n) is 22.2. The van der Waals surface area contributed by atoms with Crippen LogP contribution < -0.4 is 28.6 Å². The van der Waals surface area contributed by atoms with Gasteiger partial charge in [0.25, 0.3) is 5.62 Å². The van der Waals surface area contributed by atoms with Crippen LogP contribution in [0.4, 0.5) is 11.9 Å². The van der Waals surface area contributed by atoms with Gasteiger partial charge >= 0.3 is 5.20 Å². The maximum atomic E-state index is 9.51. The molecule has 0 fully saturated rings. The number of nitrogens with zero attached hydrogens (tertiary/aromatic N) is 6. The molecule has 0 aliphatic carbocycles. The molecule has 11 N–H and O–H groups in total. The first-order valence-corrected chi connectivity index (χ1v) is 15.3. The molecule has 0 atom stereocenters. The van der Waals surface area contributed by atoms with Crippen LogP contribution in [0.5, 0.6) is 0 Å². The van der Waals surface area contributed by atoms with E-state index in [2.05, 4.69) is 70.1 Å². The summed E-state index contributed by atoms with van der Waals surface area (Å²) in [5.74, 6) is -0.216. The Balaban J connectivity index is -0.000000136. The zero-order chi connectivity index (χ0) is 32.8. The minimum Gasteiger partial charge on any atom is -0.425 e. The van der Waals surface area contributed by atoms with Gasteiger partial charge in [0.2, 0.25) is 11.9 Å². The lowest BCUT2D eigenvalue weighted by Crippen LogP contribution is -2.20. The van der Waals surface area contributed by atoms with Gasteiger partial charge in [0.1, 0.15) is 17.7 Å². The summed E-state index contributed by atoms with van der Waals surface area (Å²) in [7, 11) is 0. The summed E-state index contributed by atoms with van der Waals surface area (Å²) in [6.45, 7) is 7.07. The number of aldehydes is 2. The van der Waals surface area contributed by atoms with Gasteiger partial charge < -0.3 is 37.7 Å². The fourth-order valence-corrected chi connectivity index (χ4v) is 1.51. The number of nitrogen functional groups attached to an aromatic ring is 2. The fourth-order valence-electron chi connectivity index (χ4n) is 1.38. The van der Waals surface area contributed by atoms with Crippen molar-refractivity contribution in [1.82, 2.24) is 29.7 Å². The second kappa shape index (κ2) is 27.3. The van der Waals surface area contributed by atoms with E-state index in [0.717, 1.165) is 16.7 Å². The van der Waals surface area contributed by atoms with E-state index in [1.807, 2.05) is 13.8 Å². The number of carbonyl (C=O) groups is 2. The van der Waals surface area contributed by atoms with E-state index < -0.39 is 11.1 Å². The second-order valence-electron chi connectivity index (χ2n) is 7.11. The van der Waals surface area contributed by atoms with E-state index in [0.29, 0.717) is 28.4 Å². The Morgan fingerprint density at radius 3 is 1.56 bits per heavy atom. The molecule has 43 heavy (non-hydrogen) atoms. The van der Waals surface area contributed by atoms with Crippen molar-refractivity contribution in [3.8, 4) is 0 Å². The Labute approximate surface area is 269 Å². The lowest BCUT2D eigenvalue weighted by Gasteiger charge is -1.94. The van der Waals surface area contributed by atoms with Crippen LogP contribution in [0.3, 0.4) is 0 Å². The van der Waals surface area contributed by atoms with Crippen molar-refractivity contribution in [3.05, 3.63) is 58.4 Å². The molecule has 0 aliphatic heterocycles. The Bertz CT molecular complexity index is 1270. The molecule has 0 saturated heterocycles. The summed E-state index contributed by atoms with van der Waals surface area (Å²) in [4.78, 5) is 37.5. The molecule has 0 spiro atoms. The van der Waals surface area contributed by atoms with Gasteiger partial charge in [-0.2, -0.15) is 4.73 Å². The highest BCUT2D eigenvalue weighted by molar-refractivity contribution is 8.24. The Kier molecular flexibility index (Phi) is 31.2. The van der Waals surface area contributed by atoms with Crippen molar-refractivity contribution >= 4 is 81.0 Å². The number of hydrogen-bond donors (Lipinski definition) is 7. The fraction of sp³-hybridized carbons (Fsp3) is 0.318. The summed E-state index contributed by atoms with van der Waals surface area (Å²) < 4.78 is 10.2. The molecule has 3 heterocycles.